The summed E-state index contributed by atoms with van der Waals surface area (Å²) in [5.74, 6) is 0. The van der Waals surface area contributed by atoms with Crippen molar-refractivity contribution in [3.63, 3.8) is 0 Å². The lowest BCUT2D eigenvalue weighted by molar-refractivity contribution is 1.14. The van der Waals surface area contributed by atoms with Crippen LogP contribution >= 0.6 is 0 Å². The lowest BCUT2D eigenvalue weighted by Gasteiger charge is -1.89. The van der Waals surface area contributed by atoms with E-state index >= 15 is 0 Å². The van der Waals surface area contributed by atoms with Gasteiger partial charge in [-0.2, -0.15) is 0 Å². The first kappa shape index (κ1) is 6.34. The Balaban J connectivity index is 2.38. The zero-order valence-electron chi connectivity index (χ0n) is 5.59. The Bertz CT molecular complexity index is 129. The van der Waals surface area contributed by atoms with E-state index in [1.807, 2.05) is 25.8 Å². The maximum Gasteiger partial charge on any atom is 0.275 e. The minimum atomic E-state index is 0.959. The van der Waals surface area contributed by atoms with Crippen molar-refractivity contribution < 1.29 is 0 Å². The standard InChI is InChI=1S/C9H10/c1-2-6-9-7-4-3-5-8-9/h3-5,7-8H,6H2,1H3/q+2. The Labute approximate surface area is 57.3 Å². The molecule has 0 unspecified atom stereocenters. The molecule has 0 spiro atoms. The third-order valence-corrected chi connectivity index (χ3v) is 1.22. The van der Waals surface area contributed by atoms with Gasteiger partial charge in [-0.15, -0.1) is 0 Å². The minimum Gasteiger partial charge on any atom is -0.0274 e. The topological polar surface area (TPSA) is 0 Å². The van der Waals surface area contributed by atoms with Gasteiger partial charge in [0.15, 0.2) is 6.42 Å². The molecule has 0 aromatic rings. The van der Waals surface area contributed by atoms with Crippen LogP contribution in [0.3, 0.4) is 0 Å². The average molecular weight is 118 g/mol. The third-order valence-electron chi connectivity index (χ3n) is 1.22. The molecule has 0 heteroatoms. The van der Waals surface area contributed by atoms with Gasteiger partial charge in [0.2, 0.25) is 0 Å². The van der Waals surface area contributed by atoms with Gasteiger partial charge in [0.05, 0.1) is 30.6 Å². The predicted molar refractivity (Wildman–Crippen MR) is 39.4 cm³/mol. The minimum absolute atomic E-state index is 0.959. The zero-order chi connectivity index (χ0) is 6.53. The van der Waals surface area contributed by atoms with Crippen LogP contribution in [0.1, 0.15) is 13.3 Å². The zero-order valence-corrected chi connectivity index (χ0v) is 5.59. The molecule has 0 heterocycles. The third kappa shape index (κ3) is 1.88. The van der Waals surface area contributed by atoms with Crippen LogP contribution in [0.25, 0.3) is 0 Å². The van der Waals surface area contributed by atoms with Crippen LogP contribution in [0.5, 0.6) is 0 Å². The van der Waals surface area contributed by atoms with Crippen molar-refractivity contribution >= 4 is 0 Å². The van der Waals surface area contributed by atoms with E-state index in [0.717, 1.165) is 6.42 Å². The summed E-state index contributed by atoms with van der Waals surface area (Å²) in [6.45, 7) is 1.95. The second-order valence-corrected chi connectivity index (χ2v) is 2.02. The first-order valence-electron chi connectivity index (χ1n) is 3.12. The fourth-order valence-electron chi connectivity index (χ4n) is 0.800. The maximum absolute atomic E-state index is 3.08. The van der Waals surface area contributed by atoms with Gasteiger partial charge in [-0.25, -0.2) is 0 Å². The van der Waals surface area contributed by atoms with Crippen molar-refractivity contribution in [2.45, 2.75) is 13.3 Å². The Kier molecular flexibility index (Phi) is 2.32. The molecule has 0 fully saturated rings. The molecule has 0 nitrogen and oxygen atoms in total. The summed E-state index contributed by atoms with van der Waals surface area (Å²) in [4.78, 5) is 0. The first-order valence-corrected chi connectivity index (χ1v) is 3.12. The Morgan fingerprint density at radius 3 is 3.11 bits per heavy atom. The fraction of sp³-hybridized carbons (Fsp3) is 0.222. The van der Waals surface area contributed by atoms with Crippen LogP contribution in [0.4, 0.5) is 0 Å². The monoisotopic (exact) mass is 118 g/mol. The second-order valence-electron chi connectivity index (χ2n) is 2.02. The number of allylic oxidation sites excluding steroid dienone is 4. The van der Waals surface area contributed by atoms with Crippen LogP contribution in [0.2, 0.25) is 0 Å². The van der Waals surface area contributed by atoms with E-state index in [0.29, 0.717) is 0 Å². The summed E-state index contributed by atoms with van der Waals surface area (Å²) in [7, 11) is 0. The van der Waals surface area contributed by atoms with Gasteiger partial charge in [0.25, 0.3) is 6.42 Å². The molecule has 0 aliphatic heterocycles. The molecular weight excluding hydrogens is 108 g/mol. The highest BCUT2D eigenvalue weighted by atomic mass is 14.0. The van der Waals surface area contributed by atoms with Gasteiger partial charge in [-0.3, -0.25) is 0 Å². The van der Waals surface area contributed by atoms with Gasteiger partial charge in [0, 0.05) is 0 Å². The lowest BCUT2D eigenvalue weighted by atomic mass is 10.0. The molecule has 0 aromatic heterocycles. The molecule has 0 N–H and O–H groups in total. The van der Waals surface area contributed by atoms with E-state index in [1.54, 1.807) is 0 Å². The molecule has 1 rings (SSSR count). The summed E-state index contributed by atoms with van der Waals surface area (Å²) in [6.07, 6.45) is 14.4. The summed E-state index contributed by atoms with van der Waals surface area (Å²) >= 11 is 0. The van der Waals surface area contributed by atoms with Gasteiger partial charge in [0.1, 0.15) is 6.92 Å². The molecule has 0 saturated carbocycles. The van der Waals surface area contributed by atoms with Crippen molar-refractivity contribution in [2.24, 2.45) is 0 Å². The highest BCUT2D eigenvalue weighted by Gasteiger charge is 2.08. The van der Waals surface area contributed by atoms with Crippen molar-refractivity contribution in [3.8, 4) is 0 Å². The van der Waals surface area contributed by atoms with Gasteiger partial charge < -0.3 is 0 Å². The van der Waals surface area contributed by atoms with E-state index in [2.05, 4.69) is 18.6 Å². The smallest absolute Gasteiger partial charge is 0.0274 e. The van der Waals surface area contributed by atoms with Crippen molar-refractivity contribution in [2.75, 3.05) is 0 Å². The molecule has 2 radical (unpaired) electrons. The normalized spacial score (nSPS) is 16.3. The van der Waals surface area contributed by atoms with Gasteiger partial charge in [-0.05, 0) is 6.08 Å². The summed E-state index contributed by atoms with van der Waals surface area (Å²) in [6, 6.07) is 0. The Hall–Kier alpha value is -0.780. The van der Waals surface area contributed by atoms with E-state index in [9.17, 15) is 0 Å². The van der Waals surface area contributed by atoms with E-state index in [1.165, 1.54) is 5.57 Å². The number of hydrogen-bond acceptors (Lipinski definition) is 0. The molecule has 0 saturated heterocycles. The average Bonchev–Trinajstić information content (AvgIpc) is 1.91. The Morgan fingerprint density at radius 1 is 1.67 bits per heavy atom. The highest BCUT2D eigenvalue weighted by molar-refractivity contribution is 5.33. The largest absolute Gasteiger partial charge is 0.275 e. The predicted octanol–water partition coefficient (Wildman–Crippen LogP) is 2.38. The molecule has 0 amide bonds. The molecule has 44 valence electrons. The quantitative estimate of drug-likeness (QED) is 0.488. The number of hydrogen-bond donors (Lipinski definition) is 0. The second kappa shape index (κ2) is 3.29. The molecule has 1 aliphatic carbocycles. The maximum atomic E-state index is 3.08. The molecular formula is C9H10+2. The summed E-state index contributed by atoms with van der Waals surface area (Å²) in [5.41, 5.74) is 1.33. The van der Waals surface area contributed by atoms with Crippen LogP contribution in [0.15, 0.2) is 23.8 Å². The highest BCUT2D eigenvalue weighted by Crippen LogP contribution is 2.12. The summed E-state index contributed by atoms with van der Waals surface area (Å²) < 4.78 is 0. The van der Waals surface area contributed by atoms with Crippen LogP contribution in [-0.4, -0.2) is 0 Å². The first-order chi connectivity index (χ1) is 4.43. The summed E-state index contributed by atoms with van der Waals surface area (Å²) in [5, 5.41) is 0. The van der Waals surface area contributed by atoms with Gasteiger partial charge >= 0.3 is 0 Å². The van der Waals surface area contributed by atoms with Crippen LogP contribution < -0.4 is 0 Å². The Morgan fingerprint density at radius 2 is 2.56 bits per heavy atom. The molecule has 0 bridgehead atoms. The van der Waals surface area contributed by atoms with E-state index < -0.39 is 0 Å². The van der Waals surface area contributed by atoms with Crippen molar-refractivity contribution in [1.82, 2.24) is 0 Å². The molecule has 9 heavy (non-hydrogen) atoms. The lowest BCUT2D eigenvalue weighted by Crippen LogP contribution is -1.84. The SMILES string of the molecule is C[C+]CC1=C[CH][CH+]C=C1. The van der Waals surface area contributed by atoms with Crippen molar-refractivity contribution in [1.29, 1.82) is 0 Å². The van der Waals surface area contributed by atoms with E-state index in [-0.39, 0.29) is 0 Å². The van der Waals surface area contributed by atoms with E-state index in [4.69, 9.17) is 0 Å². The molecule has 1 aliphatic rings. The molecule has 0 aromatic carbocycles. The molecule has 0 atom stereocenters. The van der Waals surface area contributed by atoms with Crippen molar-refractivity contribution in [3.05, 3.63) is 43.1 Å². The number of rotatable bonds is 2. The fourth-order valence-corrected chi connectivity index (χ4v) is 0.800. The van der Waals surface area contributed by atoms with Gasteiger partial charge in [-0.1, -0.05) is 0 Å². The van der Waals surface area contributed by atoms with Crippen LogP contribution in [0, 0.1) is 19.3 Å². The van der Waals surface area contributed by atoms with Crippen LogP contribution in [-0.2, 0) is 0 Å².